The molecule has 1 amide bonds. The average Bonchev–Trinajstić information content (AvgIpc) is 3.18. The fourth-order valence-corrected chi connectivity index (χ4v) is 3.36. The van der Waals surface area contributed by atoms with Gasteiger partial charge in [-0.15, -0.1) is 0 Å². The summed E-state index contributed by atoms with van der Waals surface area (Å²) in [5, 5.41) is 6.90. The molecule has 0 saturated carbocycles. The molecule has 1 N–H and O–H groups in total. The highest BCUT2D eigenvalue weighted by atomic mass is 19.4. The van der Waals surface area contributed by atoms with E-state index in [0.29, 0.717) is 31.1 Å². The lowest BCUT2D eigenvalue weighted by Gasteiger charge is -2.24. The largest absolute Gasteiger partial charge is 0.433 e. The Morgan fingerprint density at radius 1 is 1.00 bits per heavy atom. The molecule has 0 radical (unpaired) electrons. The van der Waals surface area contributed by atoms with Gasteiger partial charge in [0.25, 0.3) is 5.91 Å². The second-order valence-electron chi connectivity index (χ2n) is 7.04. The first-order valence-electron chi connectivity index (χ1n) is 9.35. The van der Waals surface area contributed by atoms with E-state index < -0.39 is 41.5 Å². The maximum atomic E-state index is 13.0. The van der Waals surface area contributed by atoms with Gasteiger partial charge in [0.1, 0.15) is 11.4 Å². The van der Waals surface area contributed by atoms with Gasteiger partial charge in [0.05, 0.1) is 17.4 Å². The zero-order valence-electron chi connectivity index (χ0n) is 16.1. The van der Waals surface area contributed by atoms with E-state index in [9.17, 15) is 31.1 Å². The van der Waals surface area contributed by atoms with Gasteiger partial charge in [0.2, 0.25) is 5.82 Å². The third-order valence-corrected chi connectivity index (χ3v) is 4.83. The quantitative estimate of drug-likeness (QED) is 0.602. The van der Waals surface area contributed by atoms with Crippen LogP contribution in [0.4, 0.5) is 26.3 Å². The highest BCUT2D eigenvalue weighted by molar-refractivity contribution is 5.90. The first-order valence-corrected chi connectivity index (χ1v) is 9.35. The first-order chi connectivity index (χ1) is 15.0. The fraction of sp³-hybridized carbons (Fsp3) is 0.316. The number of nitrogens with zero attached hydrogens (tertiary/aromatic N) is 5. The Kier molecular flexibility index (Phi) is 5.34. The van der Waals surface area contributed by atoms with Gasteiger partial charge in [-0.1, -0.05) is 0 Å². The summed E-state index contributed by atoms with van der Waals surface area (Å²) in [5.74, 6) is -1.54. The maximum Gasteiger partial charge on any atom is 0.433 e. The second kappa shape index (κ2) is 7.88. The molecule has 7 nitrogen and oxygen atoms in total. The highest BCUT2D eigenvalue weighted by Gasteiger charge is 2.34. The average molecular weight is 456 g/mol. The molecule has 4 heterocycles. The van der Waals surface area contributed by atoms with E-state index >= 15 is 0 Å². The van der Waals surface area contributed by atoms with Gasteiger partial charge in [0.15, 0.2) is 0 Å². The number of fused-ring (bicyclic) bond motifs is 1. The van der Waals surface area contributed by atoms with Crippen LogP contribution < -0.4 is 5.32 Å². The van der Waals surface area contributed by atoms with Crippen LogP contribution in [0.2, 0.25) is 0 Å². The predicted molar refractivity (Wildman–Crippen MR) is 96.9 cm³/mol. The van der Waals surface area contributed by atoms with E-state index in [-0.39, 0.29) is 11.3 Å². The van der Waals surface area contributed by atoms with E-state index in [2.05, 4.69) is 25.4 Å². The number of hydrogen-bond acceptors (Lipinski definition) is 5. The molecule has 168 valence electrons. The van der Waals surface area contributed by atoms with Crippen molar-refractivity contribution in [1.29, 1.82) is 0 Å². The van der Waals surface area contributed by atoms with Gasteiger partial charge in [-0.3, -0.25) is 14.5 Å². The third kappa shape index (κ3) is 4.41. The molecule has 32 heavy (non-hydrogen) atoms. The van der Waals surface area contributed by atoms with Crippen molar-refractivity contribution in [2.75, 3.05) is 0 Å². The smallest absolute Gasteiger partial charge is 0.341 e. The molecule has 0 saturated heterocycles. The lowest BCUT2D eigenvalue weighted by molar-refractivity contribution is -0.142. The molecular formula is C19H14F6N6O. The van der Waals surface area contributed by atoms with Crippen molar-refractivity contribution in [1.82, 2.24) is 30.0 Å². The summed E-state index contributed by atoms with van der Waals surface area (Å²) in [5.41, 5.74) is -1.35. The molecule has 13 heteroatoms. The summed E-state index contributed by atoms with van der Waals surface area (Å²) in [6, 6.07) is 3.82. The molecule has 1 aliphatic heterocycles. The Balaban J connectivity index is 1.59. The number of pyridine rings is 1. The van der Waals surface area contributed by atoms with Crippen LogP contribution in [0.15, 0.2) is 36.7 Å². The molecule has 3 aromatic rings. The third-order valence-electron chi connectivity index (χ3n) is 4.83. The Bertz CT molecular complexity index is 1160. The van der Waals surface area contributed by atoms with Crippen molar-refractivity contribution < 1.29 is 31.1 Å². The van der Waals surface area contributed by atoms with E-state index in [0.717, 1.165) is 18.5 Å². The van der Waals surface area contributed by atoms with Crippen molar-refractivity contribution in [2.24, 2.45) is 0 Å². The molecule has 0 aliphatic carbocycles. The minimum absolute atomic E-state index is 0.195. The number of aromatic nitrogens is 5. The Morgan fingerprint density at radius 2 is 1.72 bits per heavy atom. The van der Waals surface area contributed by atoms with Crippen LogP contribution in [0.3, 0.4) is 0 Å². The molecule has 3 aromatic heterocycles. The van der Waals surface area contributed by atoms with Gasteiger partial charge in [-0.25, -0.2) is 9.97 Å². The lowest BCUT2D eigenvalue weighted by atomic mass is 10.0. The van der Waals surface area contributed by atoms with Crippen molar-refractivity contribution in [3.05, 3.63) is 59.6 Å². The van der Waals surface area contributed by atoms with Gasteiger partial charge in [-0.05, 0) is 37.1 Å². The molecule has 0 spiro atoms. The maximum absolute atomic E-state index is 13.0. The van der Waals surface area contributed by atoms with Crippen LogP contribution in [0.5, 0.6) is 0 Å². The van der Waals surface area contributed by atoms with E-state index in [4.69, 9.17) is 0 Å². The zero-order chi connectivity index (χ0) is 23.1. The van der Waals surface area contributed by atoms with E-state index in [1.54, 1.807) is 4.68 Å². The summed E-state index contributed by atoms with van der Waals surface area (Å²) in [7, 11) is 0. The number of halogens is 6. The van der Waals surface area contributed by atoms with Crippen LogP contribution >= 0.6 is 0 Å². The number of carbonyl (C=O) groups is 1. The van der Waals surface area contributed by atoms with Crippen molar-refractivity contribution in [3.63, 3.8) is 0 Å². The van der Waals surface area contributed by atoms with Crippen molar-refractivity contribution in [3.8, 4) is 11.3 Å². The number of carbonyl (C=O) groups excluding carboxylic acids is 1. The number of nitrogens with one attached hydrogen (secondary N) is 1. The van der Waals surface area contributed by atoms with Crippen LogP contribution in [0.25, 0.3) is 11.3 Å². The Hall–Kier alpha value is -3.51. The number of aryl methyl sites for hydroxylation is 1. The number of alkyl halides is 6. The standard InChI is InChI=1S/C19H14F6N6O/c20-18(21,22)14-4-6-27-16(29-14)17(32)28-11-2-1-7-31-13(11)9-12(30-31)10-3-5-26-15(8-10)19(23,24)25/h3-6,8-9,11H,1-2,7H2,(H,28,32)/t11-/m0/s1. The minimum atomic E-state index is -4.73. The van der Waals surface area contributed by atoms with Gasteiger partial charge in [0, 0.05) is 24.5 Å². The fourth-order valence-electron chi connectivity index (χ4n) is 3.36. The molecule has 0 bridgehead atoms. The first kappa shape index (κ1) is 21.7. The van der Waals surface area contributed by atoms with Crippen molar-refractivity contribution in [2.45, 2.75) is 37.8 Å². The Labute approximate surface area is 176 Å². The van der Waals surface area contributed by atoms with Gasteiger partial charge in [-0.2, -0.15) is 31.4 Å². The van der Waals surface area contributed by atoms with E-state index in [1.807, 2.05) is 0 Å². The summed E-state index contributed by atoms with van der Waals surface area (Å²) < 4.78 is 79.0. The lowest BCUT2D eigenvalue weighted by Crippen LogP contribution is -2.34. The zero-order valence-corrected chi connectivity index (χ0v) is 16.1. The summed E-state index contributed by atoms with van der Waals surface area (Å²) in [6.45, 7) is 0.471. The molecule has 1 aliphatic rings. The molecule has 1 atom stereocenters. The molecule has 0 aromatic carbocycles. The van der Waals surface area contributed by atoms with Crippen molar-refractivity contribution >= 4 is 5.91 Å². The number of rotatable bonds is 3. The molecule has 0 fully saturated rings. The summed E-state index contributed by atoms with van der Waals surface area (Å²) in [6.07, 6.45) is -6.42. The predicted octanol–water partition coefficient (Wildman–Crippen LogP) is 4.04. The molecular weight excluding hydrogens is 442 g/mol. The Morgan fingerprint density at radius 3 is 2.44 bits per heavy atom. The minimum Gasteiger partial charge on any atom is -0.341 e. The summed E-state index contributed by atoms with van der Waals surface area (Å²) in [4.78, 5) is 22.7. The normalized spacial score (nSPS) is 16.5. The number of amides is 1. The van der Waals surface area contributed by atoms with Gasteiger partial charge < -0.3 is 5.32 Å². The monoisotopic (exact) mass is 456 g/mol. The second-order valence-corrected chi connectivity index (χ2v) is 7.04. The molecule has 0 unspecified atom stereocenters. The van der Waals surface area contributed by atoms with Crippen LogP contribution in [0.1, 0.15) is 46.6 Å². The highest BCUT2D eigenvalue weighted by Crippen LogP contribution is 2.33. The molecule has 4 rings (SSSR count). The SMILES string of the molecule is O=C(N[C@H]1CCCn2nc(-c3ccnc(C(F)(F)F)c3)cc21)c1nccc(C(F)(F)F)n1. The van der Waals surface area contributed by atoms with E-state index in [1.165, 1.54) is 12.1 Å². The van der Waals surface area contributed by atoms with Crippen LogP contribution in [0, 0.1) is 0 Å². The summed E-state index contributed by atoms with van der Waals surface area (Å²) >= 11 is 0. The topological polar surface area (TPSA) is 85.6 Å². The van der Waals surface area contributed by atoms with Gasteiger partial charge >= 0.3 is 12.4 Å². The van der Waals surface area contributed by atoms with Crippen LogP contribution in [-0.2, 0) is 18.9 Å². The number of hydrogen-bond donors (Lipinski definition) is 1. The van der Waals surface area contributed by atoms with Crippen LogP contribution in [-0.4, -0.2) is 30.6 Å².